The van der Waals surface area contributed by atoms with Crippen LogP contribution in [-0.4, -0.2) is 30.3 Å². The molecule has 5 heteroatoms. The second-order valence-electron chi connectivity index (χ2n) is 3.18. The van der Waals surface area contributed by atoms with E-state index in [4.69, 9.17) is 5.73 Å². The lowest BCUT2D eigenvalue weighted by atomic mass is 10.2. The minimum atomic E-state index is -0.231. The molecule has 1 rings (SSSR count). The Kier molecular flexibility index (Phi) is 4.45. The molecule has 0 saturated heterocycles. The lowest BCUT2D eigenvalue weighted by Crippen LogP contribution is -2.31. The molecule has 15 heavy (non-hydrogen) atoms. The number of carbonyl (C=O) groups is 2. The van der Waals surface area contributed by atoms with E-state index in [-0.39, 0.29) is 5.91 Å². The van der Waals surface area contributed by atoms with E-state index in [2.05, 4.69) is 0 Å². The molecule has 1 heterocycles. The van der Waals surface area contributed by atoms with E-state index in [1.54, 1.807) is 0 Å². The van der Waals surface area contributed by atoms with Crippen molar-refractivity contribution in [1.82, 2.24) is 4.90 Å². The maximum atomic E-state index is 11.8. The molecule has 0 aromatic carbocycles. The summed E-state index contributed by atoms with van der Waals surface area (Å²) in [7, 11) is 0. The van der Waals surface area contributed by atoms with Crippen LogP contribution in [0.3, 0.4) is 0 Å². The van der Waals surface area contributed by atoms with Crippen molar-refractivity contribution in [2.75, 3.05) is 13.1 Å². The van der Waals surface area contributed by atoms with Gasteiger partial charge in [0, 0.05) is 6.54 Å². The first-order valence-corrected chi connectivity index (χ1v) is 5.59. The van der Waals surface area contributed by atoms with E-state index in [0.29, 0.717) is 30.8 Å². The number of amides is 2. The Morgan fingerprint density at radius 3 is 2.87 bits per heavy atom. The quantitative estimate of drug-likeness (QED) is 0.762. The van der Waals surface area contributed by atoms with E-state index >= 15 is 0 Å². The van der Waals surface area contributed by atoms with Gasteiger partial charge in [-0.25, -0.2) is 0 Å². The van der Waals surface area contributed by atoms with E-state index in [9.17, 15) is 9.59 Å². The third-order valence-electron chi connectivity index (χ3n) is 2.05. The Morgan fingerprint density at radius 1 is 1.67 bits per heavy atom. The van der Waals surface area contributed by atoms with Crippen LogP contribution < -0.4 is 5.73 Å². The summed E-state index contributed by atoms with van der Waals surface area (Å²) in [5, 5.41) is 1.84. The summed E-state index contributed by atoms with van der Waals surface area (Å²) in [5.74, 6) is -0.231. The van der Waals surface area contributed by atoms with Crippen molar-refractivity contribution >= 4 is 23.7 Å². The van der Waals surface area contributed by atoms with Gasteiger partial charge in [-0.05, 0) is 36.9 Å². The van der Waals surface area contributed by atoms with Gasteiger partial charge in [-0.2, -0.15) is 0 Å². The molecule has 0 saturated carbocycles. The molecule has 82 valence electrons. The number of carbonyl (C=O) groups excluding carboxylic acids is 2. The smallest absolute Gasteiger partial charge is 0.270 e. The van der Waals surface area contributed by atoms with Gasteiger partial charge in [-0.3, -0.25) is 14.5 Å². The van der Waals surface area contributed by atoms with Crippen LogP contribution in [0.2, 0.25) is 0 Å². The van der Waals surface area contributed by atoms with Crippen molar-refractivity contribution in [2.24, 2.45) is 5.73 Å². The zero-order valence-corrected chi connectivity index (χ0v) is 9.42. The number of hydrogen-bond acceptors (Lipinski definition) is 4. The second kappa shape index (κ2) is 5.63. The number of aryl methyl sites for hydroxylation is 1. The van der Waals surface area contributed by atoms with E-state index in [1.165, 1.54) is 16.2 Å². The van der Waals surface area contributed by atoms with Crippen LogP contribution in [0.5, 0.6) is 0 Å². The van der Waals surface area contributed by atoms with E-state index in [1.807, 2.05) is 18.4 Å². The summed E-state index contributed by atoms with van der Waals surface area (Å²) in [6.45, 7) is 2.72. The molecular weight excluding hydrogens is 212 g/mol. The standard InChI is InChI=1S/C10H14N2O2S/c1-8-3-6-15-9(8)10(14)12(7-13)5-2-4-11/h3,6-7H,2,4-5,11H2,1H3. The van der Waals surface area contributed by atoms with Crippen LogP contribution >= 0.6 is 11.3 Å². The summed E-state index contributed by atoms with van der Waals surface area (Å²) in [5.41, 5.74) is 6.24. The molecule has 0 fully saturated rings. The number of nitrogens with two attached hydrogens (primary N) is 1. The van der Waals surface area contributed by atoms with Gasteiger partial charge in [0.1, 0.15) is 0 Å². The van der Waals surface area contributed by atoms with Gasteiger partial charge in [0.15, 0.2) is 0 Å². The molecule has 4 nitrogen and oxygen atoms in total. The summed E-state index contributed by atoms with van der Waals surface area (Å²) in [6.07, 6.45) is 1.20. The highest BCUT2D eigenvalue weighted by Crippen LogP contribution is 2.17. The molecule has 0 spiro atoms. The van der Waals surface area contributed by atoms with Gasteiger partial charge in [0.05, 0.1) is 4.88 Å². The molecule has 1 aromatic heterocycles. The van der Waals surface area contributed by atoms with Crippen LogP contribution in [-0.2, 0) is 4.79 Å². The van der Waals surface area contributed by atoms with Gasteiger partial charge in [-0.15, -0.1) is 11.3 Å². The molecule has 2 N–H and O–H groups in total. The molecule has 0 bridgehead atoms. The van der Waals surface area contributed by atoms with Crippen LogP contribution in [0.4, 0.5) is 0 Å². The van der Waals surface area contributed by atoms with Crippen molar-refractivity contribution in [2.45, 2.75) is 13.3 Å². The zero-order chi connectivity index (χ0) is 11.3. The third-order valence-corrected chi connectivity index (χ3v) is 3.05. The first-order valence-electron chi connectivity index (χ1n) is 4.71. The van der Waals surface area contributed by atoms with Crippen molar-refractivity contribution < 1.29 is 9.59 Å². The van der Waals surface area contributed by atoms with Gasteiger partial charge < -0.3 is 5.73 Å². The molecule has 1 aromatic rings. The van der Waals surface area contributed by atoms with Gasteiger partial charge in [0.25, 0.3) is 5.91 Å². The summed E-state index contributed by atoms with van der Waals surface area (Å²) < 4.78 is 0. The first-order chi connectivity index (χ1) is 7.20. The topological polar surface area (TPSA) is 63.4 Å². The van der Waals surface area contributed by atoms with Gasteiger partial charge >= 0.3 is 0 Å². The minimum Gasteiger partial charge on any atom is -0.330 e. The van der Waals surface area contributed by atoms with E-state index < -0.39 is 0 Å². The van der Waals surface area contributed by atoms with Crippen LogP contribution in [0.15, 0.2) is 11.4 Å². The summed E-state index contributed by atoms with van der Waals surface area (Å²) >= 11 is 1.35. The lowest BCUT2D eigenvalue weighted by molar-refractivity contribution is -0.116. The monoisotopic (exact) mass is 226 g/mol. The number of thiophene rings is 1. The Hall–Kier alpha value is -1.20. The minimum absolute atomic E-state index is 0.231. The van der Waals surface area contributed by atoms with Crippen LogP contribution in [0.25, 0.3) is 0 Å². The van der Waals surface area contributed by atoms with Gasteiger partial charge in [0.2, 0.25) is 6.41 Å². The van der Waals surface area contributed by atoms with Crippen molar-refractivity contribution in [3.8, 4) is 0 Å². The van der Waals surface area contributed by atoms with Crippen LogP contribution in [0.1, 0.15) is 21.7 Å². The Morgan fingerprint density at radius 2 is 2.40 bits per heavy atom. The normalized spacial score (nSPS) is 10.0. The maximum absolute atomic E-state index is 11.8. The highest BCUT2D eigenvalue weighted by Gasteiger charge is 2.17. The summed E-state index contributed by atoms with van der Waals surface area (Å²) in [4.78, 5) is 24.4. The largest absolute Gasteiger partial charge is 0.330 e. The molecule has 0 radical (unpaired) electrons. The molecule has 0 aliphatic carbocycles. The number of nitrogens with zero attached hydrogens (tertiary/aromatic N) is 1. The zero-order valence-electron chi connectivity index (χ0n) is 8.60. The highest BCUT2D eigenvalue weighted by atomic mass is 32.1. The molecule has 0 aliphatic heterocycles. The molecule has 0 atom stereocenters. The predicted octanol–water partition coefficient (Wildman–Crippen LogP) is 1.00. The summed E-state index contributed by atoms with van der Waals surface area (Å²) in [6, 6.07) is 1.86. The highest BCUT2D eigenvalue weighted by molar-refractivity contribution is 7.12. The number of rotatable bonds is 5. The Balaban J connectivity index is 2.73. The third kappa shape index (κ3) is 2.87. The fourth-order valence-corrected chi connectivity index (χ4v) is 2.07. The Labute approximate surface area is 92.7 Å². The van der Waals surface area contributed by atoms with Crippen LogP contribution in [0, 0.1) is 6.92 Å². The first kappa shape index (κ1) is 11.9. The fourth-order valence-electron chi connectivity index (χ4n) is 1.19. The molecular formula is C10H14N2O2S. The van der Waals surface area contributed by atoms with Crippen molar-refractivity contribution in [1.29, 1.82) is 0 Å². The second-order valence-corrected chi connectivity index (χ2v) is 4.10. The number of imide groups is 1. The SMILES string of the molecule is Cc1ccsc1C(=O)N(C=O)CCCN. The maximum Gasteiger partial charge on any atom is 0.270 e. The fraction of sp³-hybridized carbons (Fsp3) is 0.400. The van der Waals surface area contributed by atoms with Crippen molar-refractivity contribution in [3.63, 3.8) is 0 Å². The molecule has 0 unspecified atom stereocenters. The predicted molar refractivity (Wildman–Crippen MR) is 59.8 cm³/mol. The number of hydrogen-bond donors (Lipinski definition) is 1. The van der Waals surface area contributed by atoms with Crippen molar-refractivity contribution in [3.05, 3.63) is 21.9 Å². The lowest BCUT2D eigenvalue weighted by Gasteiger charge is -2.14. The average Bonchev–Trinajstić information content (AvgIpc) is 2.65. The Bertz CT molecular complexity index is 349. The molecule has 0 aliphatic rings. The average molecular weight is 226 g/mol. The molecule has 2 amide bonds. The van der Waals surface area contributed by atoms with Gasteiger partial charge in [-0.1, -0.05) is 0 Å². The van der Waals surface area contributed by atoms with E-state index in [0.717, 1.165) is 5.56 Å².